The molecule has 0 bridgehead atoms. The summed E-state index contributed by atoms with van der Waals surface area (Å²) in [6.45, 7) is 0.261. The van der Waals surface area contributed by atoms with Crippen molar-refractivity contribution in [1.82, 2.24) is 9.78 Å². The third-order valence-electron chi connectivity index (χ3n) is 3.80. The fourth-order valence-electron chi connectivity index (χ4n) is 2.59. The molecule has 0 radical (unpaired) electrons. The molecule has 1 N–H and O–H groups in total. The second-order valence-corrected chi connectivity index (χ2v) is 5.62. The molecule has 0 atom stereocenters. The molecule has 26 heavy (non-hydrogen) atoms. The first kappa shape index (κ1) is 17.9. The van der Waals surface area contributed by atoms with Crippen LogP contribution < -0.4 is 10.3 Å². The van der Waals surface area contributed by atoms with Crippen molar-refractivity contribution < 1.29 is 23.0 Å². The van der Waals surface area contributed by atoms with E-state index in [9.17, 15) is 18.0 Å². The molecule has 0 amide bonds. The van der Waals surface area contributed by atoms with E-state index in [1.807, 2.05) is 0 Å². The Labute approximate surface area is 146 Å². The van der Waals surface area contributed by atoms with Crippen LogP contribution >= 0.6 is 0 Å². The van der Waals surface area contributed by atoms with Gasteiger partial charge in [0.15, 0.2) is 0 Å². The van der Waals surface area contributed by atoms with Crippen molar-refractivity contribution in [3.63, 3.8) is 0 Å². The number of hydrogen-bond acceptors (Lipinski definition) is 4. The number of aryl methyl sites for hydroxylation is 1. The number of halogens is 3. The van der Waals surface area contributed by atoms with Gasteiger partial charge in [-0.3, -0.25) is 4.79 Å². The predicted octanol–water partition coefficient (Wildman–Crippen LogP) is 3.34. The van der Waals surface area contributed by atoms with Gasteiger partial charge in [-0.15, -0.1) is 13.2 Å². The molecule has 0 aliphatic heterocycles. The number of aliphatic hydroxyl groups excluding tert-OH is 1. The minimum Gasteiger partial charge on any atom is -0.406 e. The third kappa shape index (κ3) is 4.02. The molecule has 136 valence electrons. The van der Waals surface area contributed by atoms with Gasteiger partial charge in [0, 0.05) is 18.5 Å². The second kappa shape index (κ2) is 7.17. The van der Waals surface area contributed by atoms with Gasteiger partial charge in [-0.25, -0.2) is 4.68 Å². The fourth-order valence-corrected chi connectivity index (χ4v) is 2.59. The molecule has 0 unspecified atom stereocenters. The van der Waals surface area contributed by atoms with Crippen molar-refractivity contribution in [2.75, 3.05) is 6.61 Å². The lowest BCUT2D eigenvalue weighted by molar-refractivity contribution is -0.274. The van der Waals surface area contributed by atoms with Crippen LogP contribution in [0.5, 0.6) is 5.75 Å². The largest absolute Gasteiger partial charge is 0.573 e. The van der Waals surface area contributed by atoms with Crippen molar-refractivity contribution in [1.29, 1.82) is 0 Å². The van der Waals surface area contributed by atoms with Gasteiger partial charge >= 0.3 is 6.36 Å². The van der Waals surface area contributed by atoms with Crippen LogP contribution in [-0.2, 0) is 6.54 Å². The maximum atomic E-state index is 12.5. The highest BCUT2D eigenvalue weighted by Crippen LogP contribution is 2.27. The first-order valence-electron chi connectivity index (χ1n) is 7.84. The predicted molar refractivity (Wildman–Crippen MR) is 89.8 cm³/mol. The monoisotopic (exact) mass is 364 g/mol. The van der Waals surface area contributed by atoms with E-state index in [1.54, 1.807) is 24.4 Å². The van der Waals surface area contributed by atoms with Gasteiger partial charge in [-0.1, -0.05) is 24.3 Å². The second-order valence-electron chi connectivity index (χ2n) is 5.62. The first-order valence-corrected chi connectivity index (χ1v) is 7.84. The molecule has 0 aliphatic rings. The summed E-state index contributed by atoms with van der Waals surface area (Å²) in [7, 11) is 0. The Hall–Kier alpha value is -2.87. The van der Waals surface area contributed by atoms with Gasteiger partial charge in [0.25, 0.3) is 5.56 Å². The van der Waals surface area contributed by atoms with Gasteiger partial charge in [0.2, 0.25) is 0 Å². The molecule has 2 aromatic carbocycles. The number of fused-ring (bicyclic) bond motifs is 1. The lowest BCUT2D eigenvalue weighted by atomic mass is 10.0. The van der Waals surface area contributed by atoms with Crippen LogP contribution in [0, 0.1) is 0 Å². The van der Waals surface area contributed by atoms with Crippen molar-refractivity contribution >= 4 is 10.8 Å². The van der Waals surface area contributed by atoms with Crippen LogP contribution in [0.1, 0.15) is 6.42 Å². The highest BCUT2D eigenvalue weighted by molar-refractivity contribution is 5.86. The van der Waals surface area contributed by atoms with Gasteiger partial charge in [-0.05, 0) is 35.7 Å². The van der Waals surface area contributed by atoms with Crippen molar-refractivity contribution in [2.24, 2.45) is 0 Å². The van der Waals surface area contributed by atoms with Gasteiger partial charge < -0.3 is 9.84 Å². The maximum Gasteiger partial charge on any atom is 0.573 e. The Kier molecular flexibility index (Phi) is 4.94. The first-order chi connectivity index (χ1) is 12.4. The highest BCUT2D eigenvalue weighted by Gasteiger charge is 2.30. The Morgan fingerprint density at radius 2 is 1.77 bits per heavy atom. The number of hydrogen-bond donors (Lipinski definition) is 1. The quantitative estimate of drug-likeness (QED) is 0.754. The Balaban J connectivity index is 1.95. The molecule has 0 spiro atoms. The molecule has 0 aliphatic carbocycles. The van der Waals surface area contributed by atoms with E-state index in [0.29, 0.717) is 34.9 Å². The number of nitrogens with zero attached hydrogens (tertiary/aromatic N) is 2. The number of aliphatic hydroxyl groups is 1. The molecule has 1 aromatic heterocycles. The lowest BCUT2D eigenvalue weighted by Crippen LogP contribution is -2.23. The number of rotatable bonds is 5. The number of aromatic nitrogens is 2. The van der Waals surface area contributed by atoms with Crippen LogP contribution in [0.3, 0.4) is 0 Å². The van der Waals surface area contributed by atoms with Crippen LogP contribution in [0.15, 0.2) is 53.5 Å². The molecular weight excluding hydrogens is 349 g/mol. The van der Waals surface area contributed by atoms with Crippen molar-refractivity contribution in [3.8, 4) is 16.9 Å². The van der Waals surface area contributed by atoms with E-state index in [-0.39, 0.29) is 17.9 Å². The summed E-state index contributed by atoms with van der Waals surface area (Å²) >= 11 is 0. The molecule has 0 saturated carbocycles. The van der Waals surface area contributed by atoms with E-state index in [1.165, 1.54) is 28.9 Å². The van der Waals surface area contributed by atoms with Gasteiger partial charge in [0.05, 0.1) is 11.6 Å². The summed E-state index contributed by atoms with van der Waals surface area (Å²) in [6, 6.07) is 10.6. The fraction of sp³-hybridized carbons (Fsp3) is 0.222. The highest BCUT2D eigenvalue weighted by atomic mass is 19.4. The number of ether oxygens (including phenoxy) is 1. The summed E-state index contributed by atoms with van der Waals surface area (Å²) in [5.74, 6) is -0.308. The lowest BCUT2D eigenvalue weighted by Gasteiger charge is -2.10. The third-order valence-corrected chi connectivity index (χ3v) is 3.80. The topological polar surface area (TPSA) is 64.3 Å². The standard InChI is InChI=1S/C18H15F3N2O3/c19-18(20,21)26-15-6-4-12(5-7-15)13-2-3-14-11-22-23(8-1-9-24)17(25)16(14)10-13/h2-7,10-11,24H,1,8-9H2. The summed E-state index contributed by atoms with van der Waals surface area (Å²) in [5.41, 5.74) is 1.06. The van der Waals surface area contributed by atoms with Crippen LogP contribution in [-0.4, -0.2) is 27.9 Å². The molecular formula is C18H15F3N2O3. The Bertz CT molecular complexity index is 966. The summed E-state index contributed by atoms with van der Waals surface area (Å²) in [5, 5.41) is 14.1. The molecule has 0 saturated heterocycles. The van der Waals surface area contributed by atoms with E-state index in [4.69, 9.17) is 5.11 Å². The van der Waals surface area contributed by atoms with Crippen molar-refractivity contribution in [3.05, 3.63) is 59.0 Å². The number of benzene rings is 2. The van der Waals surface area contributed by atoms with E-state index in [0.717, 1.165) is 0 Å². The molecule has 3 aromatic rings. The minimum atomic E-state index is -4.74. The van der Waals surface area contributed by atoms with E-state index in [2.05, 4.69) is 9.84 Å². The molecule has 8 heteroatoms. The molecule has 3 rings (SSSR count). The zero-order valence-electron chi connectivity index (χ0n) is 13.5. The van der Waals surface area contributed by atoms with Gasteiger partial charge in [0.1, 0.15) is 5.75 Å². The van der Waals surface area contributed by atoms with E-state index < -0.39 is 6.36 Å². The Morgan fingerprint density at radius 3 is 2.42 bits per heavy atom. The van der Waals surface area contributed by atoms with Crippen LogP contribution in [0.4, 0.5) is 13.2 Å². The Morgan fingerprint density at radius 1 is 1.08 bits per heavy atom. The molecule has 1 heterocycles. The van der Waals surface area contributed by atoms with Crippen LogP contribution in [0.2, 0.25) is 0 Å². The SMILES string of the molecule is O=c1c2cc(-c3ccc(OC(F)(F)F)cc3)ccc2cnn1CCCO. The average Bonchev–Trinajstić information content (AvgIpc) is 2.60. The average molecular weight is 364 g/mol. The van der Waals surface area contributed by atoms with Gasteiger partial charge in [-0.2, -0.15) is 5.10 Å². The molecule has 5 nitrogen and oxygen atoms in total. The van der Waals surface area contributed by atoms with Crippen molar-refractivity contribution in [2.45, 2.75) is 19.3 Å². The molecule has 0 fully saturated rings. The minimum absolute atomic E-state index is 0.0431. The number of alkyl halides is 3. The zero-order chi connectivity index (χ0) is 18.7. The smallest absolute Gasteiger partial charge is 0.406 e. The van der Waals surface area contributed by atoms with Crippen LogP contribution in [0.25, 0.3) is 21.9 Å². The normalized spacial score (nSPS) is 11.7. The van der Waals surface area contributed by atoms with E-state index >= 15 is 0 Å². The summed E-state index contributed by atoms with van der Waals surface area (Å²) in [6.07, 6.45) is -2.76. The zero-order valence-corrected chi connectivity index (χ0v) is 13.5. The summed E-state index contributed by atoms with van der Waals surface area (Å²) < 4.78 is 41.8. The maximum absolute atomic E-state index is 12.5. The summed E-state index contributed by atoms with van der Waals surface area (Å²) in [4.78, 5) is 12.5.